The molecule has 0 fully saturated rings. The summed E-state index contributed by atoms with van der Waals surface area (Å²) in [5.41, 5.74) is 2.80. The standard InChI is InChI=1S/C20H19N3O2S/c24-18(22-20-21-10-11-26-20)17-12-15-8-4-5-9-16(15)13-23(17)19(25)14-6-2-1-3-7-14/h1-9,17H,10-13H2,(H,21,22,24)/t17-/m0/s1. The Morgan fingerprint density at radius 1 is 1.04 bits per heavy atom. The highest BCUT2D eigenvalue weighted by molar-refractivity contribution is 8.14. The quantitative estimate of drug-likeness (QED) is 0.889. The van der Waals surface area contributed by atoms with Gasteiger partial charge in [0.1, 0.15) is 6.04 Å². The number of hydrogen-bond acceptors (Lipinski definition) is 4. The first-order chi connectivity index (χ1) is 12.7. The first-order valence-corrected chi connectivity index (χ1v) is 9.62. The molecule has 0 radical (unpaired) electrons. The fraction of sp³-hybridized carbons (Fsp3) is 0.250. The van der Waals surface area contributed by atoms with Gasteiger partial charge in [0.05, 0.1) is 6.54 Å². The number of benzene rings is 2. The minimum Gasteiger partial charge on any atom is -0.322 e. The molecule has 0 bridgehead atoms. The molecule has 0 spiro atoms. The molecule has 0 unspecified atom stereocenters. The van der Waals surface area contributed by atoms with Crippen molar-refractivity contribution in [2.45, 2.75) is 19.0 Å². The molecule has 0 saturated carbocycles. The predicted octanol–water partition coefficient (Wildman–Crippen LogP) is 2.47. The lowest BCUT2D eigenvalue weighted by Gasteiger charge is -2.36. The average Bonchev–Trinajstić information content (AvgIpc) is 3.20. The molecule has 1 atom stereocenters. The molecule has 6 heteroatoms. The highest BCUT2D eigenvalue weighted by Crippen LogP contribution is 2.25. The second-order valence-corrected chi connectivity index (χ2v) is 7.40. The van der Waals surface area contributed by atoms with Gasteiger partial charge < -0.3 is 10.2 Å². The zero-order chi connectivity index (χ0) is 17.9. The monoisotopic (exact) mass is 365 g/mol. The third-order valence-corrected chi connectivity index (χ3v) is 5.54. The predicted molar refractivity (Wildman–Crippen MR) is 103 cm³/mol. The number of fused-ring (bicyclic) bond motifs is 1. The Kier molecular flexibility index (Phi) is 4.75. The van der Waals surface area contributed by atoms with Crippen molar-refractivity contribution < 1.29 is 9.59 Å². The van der Waals surface area contributed by atoms with Crippen molar-refractivity contribution in [1.82, 2.24) is 10.2 Å². The summed E-state index contributed by atoms with van der Waals surface area (Å²) in [5.74, 6) is 0.591. The van der Waals surface area contributed by atoms with Gasteiger partial charge in [-0.05, 0) is 23.3 Å². The number of carbonyl (C=O) groups is 2. The molecule has 2 heterocycles. The number of thioether (sulfide) groups is 1. The molecule has 132 valence electrons. The average molecular weight is 365 g/mol. The van der Waals surface area contributed by atoms with Crippen molar-refractivity contribution in [2.24, 2.45) is 4.99 Å². The van der Waals surface area contributed by atoms with Gasteiger partial charge in [-0.3, -0.25) is 14.6 Å². The van der Waals surface area contributed by atoms with Gasteiger partial charge in [0.15, 0.2) is 5.17 Å². The lowest BCUT2D eigenvalue weighted by Crippen LogP contribution is -2.53. The Balaban J connectivity index is 1.63. The van der Waals surface area contributed by atoms with Crippen LogP contribution in [0.3, 0.4) is 0 Å². The van der Waals surface area contributed by atoms with E-state index in [4.69, 9.17) is 0 Å². The molecule has 0 aliphatic carbocycles. The van der Waals surface area contributed by atoms with Crippen LogP contribution >= 0.6 is 11.8 Å². The van der Waals surface area contributed by atoms with Gasteiger partial charge in [0.25, 0.3) is 5.91 Å². The van der Waals surface area contributed by atoms with Crippen molar-refractivity contribution in [2.75, 3.05) is 12.3 Å². The zero-order valence-corrected chi connectivity index (χ0v) is 15.0. The van der Waals surface area contributed by atoms with E-state index < -0.39 is 6.04 Å². The number of hydrogen-bond donors (Lipinski definition) is 1. The molecule has 1 N–H and O–H groups in total. The number of nitrogens with one attached hydrogen (secondary N) is 1. The van der Waals surface area contributed by atoms with Crippen LogP contribution in [-0.4, -0.2) is 40.2 Å². The number of carbonyl (C=O) groups excluding carboxylic acids is 2. The van der Waals surface area contributed by atoms with E-state index in [0.717, 1.165) is 23.4 Å². The summed E-state index contributed by atoms with van der Waals surface area (Å²) < 4.78 is 0. The summed E-state index contributed by atoms with van der Waals surface area (Å²) in [6.45, 7) is 1.15. The van der Waals surface area contributed by atoms with Crippen LogP contribution in [0.4, 0.5) is 0 Å². The lowest BCUT2D eigenvalue weighted by atomic mass is 9.93. The first kappa shape index (κ1) is 16.8. The van der Waals surface area contributed by atoms with E-state index in [1.165, 1.54) is 0 Å². The molecular weight excluding hydrogens is 346 g/mol. The van der Waals surface area contributed by atoms with Crippen molar-refractivity contribution in [3.63, 3.8) is 0 Å². The Labute approximate surface area is 156 Å². The molecular formula is C20H19N3O2S. The summed E-state index contributed by atoms with van der Waals surface area (Å²) in [7, 11) is 0. The summed E-state index contributed by atoms with van der Waals surface area (Å²) in [6, 6.07) is 16.6. The maximum Gasteiger partial charge on any atom is 0.254 e. The van der Waals surface area contributed by atoms with Gasteiger partial charge >= 0.3 is 0 Å². The lowest BCUT2D eigenvalue weighted by molar-refractivity contribution is -0.124. The van der Waals surface area contributed by atoms with E-state index in [9.17, 15) is 9.59 Å². The van der Waals surface area contributed by atoms with Crippen molar-refractivity contribution in [3.05, 3.63) is 71.3 Å². The highest BCUT2D eigenvalue weighted by Gasteiger charge is 2.35. The van der Waals surface area contributed by atoms with Gasteiger partial charge in [0, 0.05) is 24.3 Å². The molecule has 0 aromatic heterocycles. The fourth-order valence-electron chi connectivity index (χ4n) is 3.32. The first-order valence-electron chi connectivity index (χ1n) is 8.63. The Morgan fingerprint density at radius 3 is 2.50 bits per heavy atom. The van der Waals surface area contributed by atoms with E-state index in [1.54, 1.807) is 28.8 Å². The second-order valence-electron chi connectivity index (χ2n) is 6.31. The smallest absolute Gasteiger partial charge is 0.254 e. The molecule has 0 saturated heterocycles. The SMILES string of the molecule is O=C(NC1=NCCS1)[C@@H]1Cc2ccccc2CN1C(=O)c1ccccc1. The topological polar surface area (TPSA) is 61.8 Å². The Morgan fingerprint density at radius 2 is 1.77 bits per heavy atom. The van der Waals surface area contributed by atoms with Crippen LogP contribution in [0.1, 0.15) is 21.5 Å². The number of nitrogens with zero attached hydrogens (tertiary/aromatic N) is 2. The fourth-order valence-corrected chi connectivity index (χ4v) is 4.05. The number of rotatable bonds is 2. The van der Waals surface area contributed by atoms with Crippen LogP contribution in [0.2, 0.25) is 0 Å². The molecule has 2 aromatic rings. The molecule has 26 heavy (non-hydrogen) atoms. The number of amides is 2. The maximum absolute atomic E-state index is 13.1. The van der Waals surface area contributed by atoms with Crippen LogP contribution in [0.25, 0.3) is 0 Å². The summed E-state index contributed by atoms with van der Waals surface area (Å²) in [4.78, 5) is 31.9. The zero-order valence-electron chi connectivity index (χ0n) is 14.2. The Bertz CT molecular complexity index is 866. The van der Waals surface area contributed by atoms with Crippen molar-refractivity contribution >= 4 is 28.7 Å². The van der Waals surface area contributed by atoms with Crippen LogP contribution in [0, 0.1) is 0 Å². The molecule has 5 nitrogen and oxygen atoms in total. The molecule has 4 rings (SSSR count). The van der Waals surface area contributed by atoms with E-state index in [-0.39, 0.29) is 11.8 Å². The second kappa shape index (κ2) is 7.33. The summed E-state index contributed by atoms with van der Waals surface area (Å²) >= 11 is 1.54. The third kappa shape index (κ3) is 3.37. The van der Waals surface area contributed by atoms with Crippen molar-refractivity contribution in [3.8, 4) is 0 Å². The largest absolute Gasteiger partial charge is 0.322 e. The number of aliphatic imine (C=N–C) groups is 1. The van der Waals surface area contributed by atoms with Crippen LogP contribution < -0.4 is 5.32 Å². The third-order valence-electron chi connectivity index (χ3n) is 4.65. The summed E-state index contributed by atoms with van der Waals surface area (Å²) in [6.07, 6.45) is 0.512. The molecule has 2 aliphatic heterocycles. The van der Waals surface area contributed by atoms with Gasteiger partial charge in [-0.15, -0.1) is 0 Å². The minimum atomic E-state index is -0.540. The van der Waals surface area contributed by atoms with E-state index >= 15 is 0 Å². The van der Waals surface area contributed by atoms with E-state index in [2.05, 4.69) is 10.3 Å². The minimum absolute atomic E-state index is 0.124. The van der Waals surface area contributed by atoms with Crippen LogP contribution in [0.15, 0.2) is 59.6 Å². The molecule has 2 aromatic carbocycles. The molecule has 2 aliphatic rings. The molecule has 2 amide bonds. The summed E-state index contributed by atoms with van der Waals surface area (Å²) in [5, 5.41) is 3.55. The normalized spacial score (nSPS) is 18.8. The Hall–Kier alpha value is -2.60. The van der Waals surface area contributed by atoms with Crippen LogP contribution in [0.5, 0.6) is 0 Å². The van der Waals surface area contributed by atoms with Gasteiger partial charge in [-0.1, -0.05) is 54.2 Å². The van der Waals surface area contributed by atoms with E-state index in [0.29, 0.717) is 23.7 Å². The van der Waals surface area contributed by atoms with Gasteiger partial charge in [-0.25, -0.2) is 0 Å². The van der Waals surface area contributed by atoms with Gasteiger partial charge in [0.2, 0.25) is 5.91 Å². The van der Waals surface area contributed by atoms with Gasteiger partial charge in [-0.2, -0.15) is 0 Å². The van der Waals surface area contributed by atoms with E-state index in [1.807, 2.05) is 42.5 Å². The highest BCUT2D eigenvalue weighted by atomic mass is 32.2. The number of amidine groups is 1. The maximum atomic E-state index is 13.1. The van der Waals surface area contributed by atoms with Crippen molar-refractivity contribution in [1.29, 1.82) is 0 Å². The van der Waals surface area contributed by atoms with Crippen LogP contribution in [-0.2, 0) is 17.8 Å².